The number of methoxy groups -OCH3 is 1. The molecular formula is C20H25N3O2. The number of aromatic nitrogens is 2. The highest BCUT2D eigenvalue weighted by Crippen LogP contribution is 2.33. The Kier molecular flexibility index (Phi) is 4.55. The fourth-order valence-corrected chi connectivity index (χ4v) is 3.64. The molecule has 1 saturated heterocycles. The first-order valence-electron chi connectivity index (χ1n) is 9.36. The molecule has 2 fully saturated rings. The molecule has 1 saturated carbocycles. The maximum atomic E-state index is 12.1. The van der Waals surface area contributed by atoms with Gasteiger partial charge in [-0.2, -0.15) is 0 Å². The minimum absolute atomic E-state index is 0.253. The third-order valence-electron chi connectivity index (χ3n) is 5.25. The lowest BCUT2D eigenvalue weighted by atomic mass is 10.1. The molecule has 0 radical (unpaired) electrons. The molecule has 2 aliphatic rings. The van der Waals surface area contributed by atoms with E-state index in [2.05, 4.69) is 11.0 Å². The van der Waals surface area contributed by atoms with Gasteiger partial charge in [0.2, 0.25) is 0 Å². The minimum Gasteiger partial charge on any atom is -0.494 e. The smallest absolute Gasteiger partial charge is 0.146 e. The van der Waals surface area contributed by atoms with Gasteiger partial charge in [-0.25, -0.2) is 4.98 Å². The third kappa shape index (κ3) is 3.46. The van der Waals surface area contributed by atoms with E-state index in [1.165, 1.54) is 25.7 Å². The number of nitrogens with zero attached hydrogens (tertiary/aromatic N) is 3. The molecular weight excluding hydrogens is 314 g/mol. The highest BCUT2D eigenvalue weighted by molar-refractivity contribution is 5.93. The van der Waals surface area contributed by atoms with Gasteiger partial charge in [0.25, 0.3) is 0 Å². The molecule has 2 heterocycles. The van der Waals surface area contributed by atoms with Gasteiger partial charge in [0.05, 0.1) is 24.9 Å². The Bertz CT molecular complexity index is 778. The van der Waals surface area contributed by atoms with Crippen molar-refractivity contribution in [3.05, 3.63) is 24.0 Å². The summed E-state index contributed by atoms with van der Waals surface area (Å²) in [5.74, 6) is 1.26. The normalized spacial score (nSPS) is 18.2. The minimum atomic E-state index is 0.253. The van der Waals surface area contributed by atoms with E-state index in [1.807, 2.05) is 6.07 Å². The zero-order chi connectivity index (χ0) is 17.2. The summed E-state index contributed by atoms with van der Waals surface area (Å²) in [6, 6.07) is 4.07. The van der Waals surface area contributed by atoms with Crippen molar-refractivity contribution in [3.63, 3.8) is 0 Å². The number of benzene rings is 1. The van der Waals surface area contributed by atoms with Crippen molar-refractivity contribution in [1.29, 1.82) is 0 Å². The van der Waals surface area contributed by atoms with Crippen molar-refractivity contribution >= 4 is 22.5 Å². The largest absolute Gasteiger partial charge is 0.494 e. The second kappa shape index (κ2) is 6.98. The molecule has 1 aliphatic heterocycles. The zero-order valence-electron chi connectivity index (χ0n) is 14.8. The summed E-state index contributed by atoms with van der Waals surface area (Å²) in [5, 5.41) is 0. The SMILES string of the molecule is COc1ccc(N2CCCCCC2)c2ncc(CC(=O)C3CC3)nc12. The van der Waals surface area contributed by atoms with Crippen LogP contribution in [0.1, 0.15) is 44.2 Å². The van der Waals surface area contributed by atoms with Crippen LogP contribution in [-0.2, 0) is 11.2 Å². The number of Topliss-reactive ketones (excluding diaryl/α,β-unsaturated/α-hetero) is 1. The van der Waals surface area contributed by atoms with Crippen LogP contribution in [0.3, 0.4) is 0 Å². The van der Waals surface area contributed by atoms with Crippen LogP contribution in [0.15, 0.2) is 18.3 Å². The van der Waals surface area contributed by atoms with E-state index in [9.17, 15) is 4.79 Å². The van der Waals surface area contributed by atoms with E-state index in [0.717, 1.165) is 54.1 Å². The quantitative estimate of drug-likeness (QED) is 0.834. The Morgan fingerprint density at radius 2 is 1.92 bits per heavy atom. The van der Waals surface area contributed by atoms with E-state index < -0.39 is 0 Å². The Morgan fingerprint density at radius 1 is 1.16 bits per heavy atom. The number of hydrogen-bond acceptors (Lipinski definition) is 5. The predicted octanol–water partition coefficient (Wildman–Crippen LogP) is 3.54. The average Bonchev–Trinajstić information content (AvgIpc) is 3.47. The predicted molar refractivity (Wildman–Crippen MR) is 98.2 cm³/mol. The molecule has 132 valence electrons. The molecule has 2 aromatic rings. The number of anilines is 1. The zero-order valence-corrected chi connectivity index (χ0v) is 14.8. The standard InChI is InChI=1S/C20H25N3O2/c1-25-18-9-8-16(23-10-4-2-3-5-11-23)19-20(18)22-15(13-21-19)12-17(24)14-6-7-14/h8-9,13-14H,2-7,10-12H2,1H3. The number of carbonyl (C=O) groups excluding carboxylic acids is 1. The molecule has 0 bridgehead atoms. The van der Waals surface area contributed by atoms with Gasteiger partial charge in [-0.3, -0.25) is 9.78 Å². The molecule has 0 amide bonds. The van der Waals surface area contributed by atoms with Gasteiger partial charge in [-0.15, -0.1) is 0 Å². The van der Waals surface area contributed by atoms with E-state index in [1.54, 1.807) is 13.3 Å². The number of ether oxygens (including phenoxy) is 1. The lowest BCUT2D eigenvalue weighted by molar-refractivity contribution is -0.119. The Morgan fingerprint density at radius 3 is 2.60 bits per heavy atom. The summed E-state index contributed by atoms with van der Waals surface area (Å²) in [6.45, 7) is 2.12. The Hall–Kier alpha value is -2.17. The monoisotopic (exact) mass is 339 g/mol. The molecule has 0 unspecified atom stereocenters. The number of ketones is 1. The average molecular weight is 339 g/mol. The molecule has 0 N–H and O–H groups in total. The molecule has 5 heteroatoms. The molecule has 1 aromatic heterocycles. The fourth-order valence-electron chi connectivity index (χ4n) is 3.64. The molecule has 1 aromatic carbocycles. The van der Waals surface area contributed by atoms with E-state index in [-0.39, 0.29) is 11.7 Å². The number of rotatable bonds is 5. The first kappa shape index (κ1) is 16.3. The number of carbonyl (C=O) groups is 1. The summed E-state index contributed by atoms with van der Waals surface area (Å²) in [4.78, 5) is 24.0. The Labute approximate surface area is 148 Å². The van der Waals surface area contributed by atoms with Crippen molar-refractivity contribution in [1.82, 2.24) is 9.97 Å². The molecule has 25 heavy (non-hydrogen) atoms. The van der Waals surface area contributed by atoms with Crippen LogP contribution in [0.2, 0.25) is 0 Å². The van der Waals surface area contributed by atoms with Gasteiger partial charge in [0.15, 0.2) is 0 Å². The summed E-state index contributed by atoms with van der Waals surface area (Å²) < 4.78 is 5.51. The van der Waals surface area contributed by atoms with Crippen LogP contribution in [0.5, 0.6) is 5.75 Å². The van der Waals surface area contributed by atoms with Gasteiger partial charge in [0, 0.05) is 25.2 Å². The highest BCUT2D eigenvalue weighted by atomic mass is 16.5. The summed E-state index contributed by atoms with van der Waals surface area (Å²) >= 11 is 0. The van der Waals surface area contributed by atoms with Gasteiger partial charge >= 0.3 is 0 Å². The first-order valence-corrected chi connectivity index (χ1v) is 9.36. The fraction of sp³-hybridized carbons (Fsp3) is 0.550. The summed E-state index contributed by atoms with van der Waals surface area (Å²) in [6.07, 6.45) is 9.23. The van der Waals surface area contributed by atoms with Crippen molar-refractivity contribution < 1.29 is 9.53 Å². The lowest BCUT2D eigenvalue weighted by Crippen LogP contribution is -2.24. The van der Waals surface area contributed by atoms with Gasteiger partial charge < -0.3 is 9.64 Å². The van der Waals surface area contributed by atoms with Gasteiger partial charge in [-0.1, -0.05) is 12.8 Å². The van der Waals surface area contributed by atoms with Crippen LogP contribution in [0, 0.1) is 5.92 Å². The molecule has 0 spiro atoms. The van der Waals surface area contributed by atoms with Crippen LogP contribution >= 0.6 is 0 Å². The topological polar surface area (TPSA) is 55.3 Å². The van der Waals surface area contributed by atoms with Crippen LogP contribution in [0.25, 0.3) is 11.0 Å². The van der Waals surface area contributed by atoms with E-state index in [0.29, 0.717) is 6.42 Å². The van der Waals surface area contributed by atoms with Crippen LogP contribution in [-0.4, -0.2) is 36.0 Å². The van der Waals surface area contributed by atoms with E-state index in [4.69, 9.17) is 14.7 Å². The number of hydrogen-bond donors (Lipinski definition) is 0. The molecule has 1 aliphatic carbocycles. The maximum absolute atomic E-state index is 12.1. The Balaban J connectivity index is 1.71. The van der Waals surface area contributed by atoms with Crippen molar-refractivity contribution in [2.45, 2.75) is 44.9 Å². The number of fused-ring (bicyclic) bond motifs is 1. The van der Waals surface area contributed by atoms with Crippen molar-refractivity contribution in [2.75, 3.05) is 25.1 Å². The lowest BCUT2D eigenvalue weighted by Gasteiger charge is -2.24. The second-order valence-electron chi connectivity index (χ2n) is 7.16. The van der Waals surface area contributed by atoms with E-state index >= 15 is 0 Å². The third-order valence-corrected chi connectivity index (χ3v) is 5.25. The second-order valence-corrected chi connectivity index (χ2v) is 7.16. The van der Waals surface area contributed by atoms with Crippen LogP contribution in [0.4, 0.5) is 5.69 Å². The first-order chi connectivity index (χ1) is 12.3. The maximum Gasteiger partial charge on any atom is 0.146 e. The molecule has 5 nitrogen and oxygen atoms in total. The van der Waals surface area contributed by atoms with Crippen molar-refractivity contribution in [2.24, 2.45) is 5.92 Å². The summed E-state index contributed by atoms with van der Waals surface area (Å²) in [7, 11) is 1.66. The molecule has 4 rings (SSSR count). The van der Waals surface area contributed by atoms with Gasteiger partial charge in [0.1, 0.15) is 22.6 Å². The van der Waals surface area contributed by atoms with Crippen LogP contribution < -0.4 is 9.64 Å². The highest BCUT2D eigenvalue weighted by Gasteiger charge is 2.29. The van der Waals surface area contributed by atoms with Crippen molar-refractivity contribution in [3.8, 4) is 5.75 Å². The van der Waals surface area contributed by atoms with Gasteiger partial charge in [-0.05, 0) is 37.8 Å². The molecule has 0 atom stereocenters. The summed E-state index contributed by atoms with van der Waals surface area (Å²) in [5.41, 5.74) is 3.52.